The average Bonchev–Trinajstić information content (AvgIpc) is 2.62. The van der Waals surface area contributed by atoms with E-state index in [2.05, 4.69) is 11.0 Å². The normalized spacial score (nSPS) is 14.4. The molecule has 3 rings (SSSR count). The third-order valence-corrected chi connectivity index (χ3v) is 4.28. The van der Waals surface area contributed by atoms with Gasteiger partial charge in [-0.2, -0.15) is 5.26 Å². The zero-order chi connectivity index (χ0) is 16.2. The summed E-state index contributed by atoms with van der Waals surface area (Å²) in [6.07, 6.45) is 0. The molecule has 0 unspecified atom stereocenters. The van der Waals surface area contributed by atoms with Crippen LogP contribution in [0.2, 0.25) is 0 Å². The fraction of sp³-hybridized carbons (Fsp3) is 0.263. The molecule has 1 aliphatic heterocycles. The maximum Gasteiger partial charge on any atom is 0.254 e. The lowest BCUT2D eigenvalue weighted by atomic mass is 10.1. The van der Waals surface area contributed by atoms with Gasteiger partial charge in [0.2, 0.25) is 0 Å². The minimum atomic E-state index is 0.105. The lowest BCUT2D eigenvalue weighted by Gasteiger charge is -2.36. The number of aryl methyl sites for hydroxylation is 1. The van der Waals surface area contributed by atoms with Crippen molar-refractivity contribution < 1.29 is 4.79 Å². The summed E-state index contributed by atoms with van der Waals surface area (Å²) in [6.45, 7) is 4.93. The molecule has 1 saturated heterocycles. The van der Waals surface area contributed by atoms with Crippen molar-refractivity contribution in [3.8, 4) is 6.07 Å². The number of hydrogen-bond acceptors (Lipinski definition) is 3. The van der Waals surface area contributed by atoms with Gasteiger partial charge in [0.05, 0.1) is 11.6 Å². The van der Waals surface area contributed by atoms with Gasteiger partial charge in [-0.3, -0.25) is 4.79 Å². The quantitative estimate of drug-likeness (QED) is 0.857. The first kappa shape index (κ1) is 15.1. The van der Waals surface area contributed by atoms with Crippen molar-refractivity contribution in [1.82, 2.24) is 4.90 Å². The second kappa shape index (κ2) is 6.53. The number of carbonyl (C=O) groups is 1. The van der Waals surface area contributed by atoms with Crippen LogP contribution in [0.3, 0.4) is 0 Å². The summed E-state index contributed by atoms with van der Waals surface area (Å²) in [5.74, 6) is 0.105. The van der Waals surface area contributed by atoms with E-state index in [4.69, 9.17) is 5.26 Å². The Balaban J connectivity index is 1.68. The Hall–Kier alpha value is -2.80. The molecule has 4 nitrogen and oxygen atoms in total. The molecule has 0 N–H and O–H groups in total. The number of benzene rings is 2. The van der Waals surface area contributed by atoms with Crippen LogP contribution in [0.5, 0.6) is 0 Å². The molecule has 1 amide bonds. The van der Waals surface area contributed by atoms with Gasteiger partial charge in [-0.1, -0.05) is 24.3 Å². The van der Waals surface area contributed by atoms with Crippen LogP contribution in [0.4, 0.5) is 5.69 Å². The van der Waals surface area contributed by atoms with Crippen LogP contribution in [0, 0.1) is 18.3 Å². The Labute approximate surface area is 136 Å². The van der Waals surface area contributed by atoms with Gasteiger partial charge in [0, 0.05) is 37.4 Å². The number of anilines is 1. The van der Waals surface area contributed by atoms with Crippen molar-refractivity contribution in [2.45, 2.75) is 6.92 Å². The summed E-state index contributed by atoms with van der Waals surface area (Å²) in [5.41, 5.74) is 3.52. The molecule has 1 aliphatic rings. The number of piperazine rings is 1. The van der Waals surface area contributed by atoms with Crippen molar-refractivity contribution in [3.05, 3.63) is 65.2 Å². The third-order valence-electron chi connectivity index (χ3n) is 4.28. The van der Waals surface area contributed by atoms with Gasteiger partial charge in [0.1, 0.15) is 0 Å². The molecule has 1 heterocycles. The summed E-state index contributed by atoms with van der Waals surface area (Å²) in [7, 11) is 0. The number of carbonyl (C=O) groups excluding carboxylic acids is 1. The second-order valence-corrected chi connectivity index (χ2v) is 5.76. The lowest BCUT2D eigenvalue weighted by molar-refractivity contribution is 0.0746. The number of hydrogen-bond donors (Lipinski definition) is 0. The van der Waals surface area contributed by atoms with Crippen LogP contribution < -0.4 is 4.90 Å². The largest absolute Gasteiger partial charge is 0.368 e. The van der Waals surface area contributed by atoms with Crippen LogP contribution in [0.25, 0.3) is 0 Å². The second-order valence-electron chi connectivity index (χ2n) is 5.76. The number of rotatable bonds is 2. The summed E-state index contributed by atoms with van der Waals surface area (Å²) in [4.78, 5) is 16.8. The standard InChI is InChI=1S/C19H19N3O/c1-15-5-2-3-8-18(15)19(23)22-11-9-21(10-12-22)17-7-4-6-16(13-17)14-20/h2-8,13H,9-12H2,1H3. The predicted molar refractivity (Wildman–Crippen MR) is 90.5 cm³/mol. The number of nitriles is 1. The molecule has 0 spiro atoms. The molecule has 0 atom stereocenters. The van der Waals surface area contributed by atoms with Crippen LogP contribution in [0.15, 0.2) is 48.5 Å². The summed E-state index contributed by atoms with van der Waals surface area (Å²) in [5, 5.41) is 9.01. The van der Waals surface area contributed by atoms with E-state index >= 15 is 0 Å². The van der Waals surface area contributed by atoms with Crippen molar-refractivity contribution in [1.29, 1.82) is 5.26 Å². The number of amides is 1. The first-order valence-corrected chi connectivity index (χ1v) is 7.79. The maximum absolute atomic E-state index is 12.6. The summed E-state index contributed by atoms with van der Waals surface area (Å²) < 4.78 is 0. The molecule has 0 radical (unpaired) electrons. The molecule has 23 heavy (non-hydrogen) atoms. The molecule has 0 aromatic heterocycles. The average molecular weight is 305 g/mol. The van der Waals surface area contributed by atoms with Gasteiger partial charge in [-0.05, 0) is 36.8 Å². The highest BCUT2D eigenvalue weighted by Gasteiger charge is 2.23. The van der Waals surface area contributed by atoms with E-state index in [1.165, 1.54) is 0 Å². The highest BCUT2D eigenvalue weighted by molar-refractivity contribution is 5.95. The fourth-order valence-corrected chi connectivity index (χ4v) is 2.92. The molecule has 2 aromatic rings. The van der Waals surface area contributed by atoms with E-state index in [1.807, 2.05) is 60.4 Å². The van der Waals surface area contributed by atoms with E-state index in [0.717, 1.165) is 29.9 Å². The zero-order valence-corrected chi connectivity index (χ0v) is 13.2. The highest BCUT2D eigenvalue weighted by Crippen LogP contribution is 2.19. The smallest absolute Gasteiger partial charge is 0.254 e. The van der Waals surface area contributed by atoms with Gasteiger partial charge >= 0.3 is 0 Å². The summed E-state index contributed by atoms with van der Waals surface area (Å²) >= 11 is 0. The SMILES string of the molecule is Cc1ccccc1C(=O)N1CCN(c2cccc(C#N)c2)CC1. The summed E-state index contributed by atoms with van der Waals surface area (Å²) in [6, 6.07) is 17.5. The van der Waals surface area contributed by atoms with Crippen LogP contribution in [-0.2, 0) is 0 Å². The van der Waals surface area contributed by atoms with Gasteiger partial charge in [0.15, 0.2) is 0 Å². The topological polar surface area (TPSA) is 47.3 Å². The Morgan fingerprint density at radius 3 is 2.48 bits per heavy atom. The van der Waals surface area contributed by atoms with E-state index in [0.29, 0.717) is 18.7 Å². The third kappa shape index (κ3) is 3.19. The molecular formula is C19H19N3O. The molecule has 0 bridgehead atoms. The first-order chi connectivity index (χ1) is 11.2. The molecule has 0 saturated carbocycles. The first-order valence-electron chi connectivity index (χ1n) is 7.79. The Bertz CT molecular complexity index is 755. The molecule has 2 aromatic carbocycles. The van der Waals surface area contributed by atoms with Crippen LogP contribution >= 0.6 is 0 Å². The highest BCUT2D eigenvalue weighted by atomic mass is 16.2. The minimum Gasteiger partial charge on any atom is -0.368 e. The van der Waals surface area contributed by atoms with Crippen molar-refractivity contribution in [2.75, 3.05) is 31.1 Å². The van der Waals surface area contributed by atoms with Gasteiger partial charge in [0.25, 0.3) is 5.91 Å². The van der Waals surface area contributed by atoms with Crippen LogP contribution in [0.1, 0.15) is 21.5 Å². The number of nitrogens with zero attached hydrogens (tertiary/aromatic N) is 3. The molecular weight excluding hydrogens is 286 g/mol. The lowest BCUT2D eigenvalue weighted by Crippen LogP contribution is -2.49. The molecule has 4 heteroatoms. The molecule has 1 fully saturated rings. The van der Waals surface area contributed by atoms with Crippen LogP contribution in [-0.4, -0.2) is 37.0 Å². The van der Waals surface area contributed by atoms with E-state index in [1.54, 1.807) is 0 Å². The predicted octanol–water partition coefficient (Wildman–Crippen LogP) is 2.83. The monoisotopic (exact) mass is 305 g/mol. The molecule has 116 valence electrons. The molecule has 0 aliphatic carbocycles. The maximum atomic E-state index is 12.6. The van der Waals surface area contributed by atoms with E-state index < -0.39 is 0 Å². The minimum absolute atomic E-state index is 0.105. The van der Waals surface area contributed by atoms with E-state index in [-0.39, 0.29) is 5.91 Å². The fourth-order valence-electron chi connectivity index (χ4n) is 2.92. The van der Waals surface area contributed by atoms with Crippen molar-refractivity contribution in [3.63, 3.8) is 0 Å². The van der Waals surface area contributed by atoms with Crippen molar-refractivity contribution in [2.24, 2.45) is 0 Å². The van der Waals surface area contributed by atoms with Crippen molar-refractivity contribution >= 4 is 11.6 Å². The van der Waals surface area contributed by atoms with Gasteiger partial charge in [-0.15, -0.1) is 0 Å². The van der Waals surface area contributed by atoms with E-state index in [9.17, 15) is 4.79 Å². The zero-order valence-electron chi connectivity index (χ0n) is 13.2. The Kier molecular flexibility index (Phi) is 4.29. The Morgan fingerprint density at radius 1 is 1.04 bits per heavy atom. The van der Waals surface area contributed by atoms with Gasteiger partial charge < -0.3 is 9.80 Å². The van der Waals surface area contributed by atoms with Gasteiger partial charge in [-0.25, -0.2) is 0 Å². The Morgan fingerprint density at radius 2 is 1.78 bits per heavy atom.